The Hall–Kier alpha value is -2.34. The monoisotopic (exact) mass is 316 g/mol. The van der Waals surface area contributed by atoms with Crippen LogP contribution in [-0.2, 0) is 11.3 Å². The average Bonchev–Trinajstić information content (AvgIpc) is 2.60. The number of benzene rings is 1. The Kier molecular flexibility index (Phi) is 4.62. The van der Waals surface area contributed by atoms with Crippen LogP contribution < -0.4 is 15.9 Å². The van der Waals surface area contributed by atoms with Gasteiger partial charge in [-0.15, -0.1) is 0 Å². The summed E-state index contributed by atoms with van der Waals surface area (Å²) in [4.78, 5) is 24.7. The first-order valence-corrected chi connectivity index (χ1v) is 7.73. The molecule has 1 fully saturated rings. The molecule has 1 aliphatic heterocycles. The summed E-state index contributed by atoms with van der Waals surface area (Å²) < 4.78 is 13.4. The summed E-state index contributed by atoms with van der Waals surface area (Å²) in [5, 5.41) is 0. The zero-order valence-corrected chi connectivity index (χ0v) is 13.1. The molecule has 0 bridgehead atoms. The molecule has 1 aromatic heterocycles. The van der Waals surface area contributed by atoms with E-state index in [0.29, 0.717) is 24.6 Å². The van der Waals surface area contributed by atoms with E-state index in [-0.39, 0.29) is 5.92 Å². The van der Waals surface area contributed by atoms with Crippen LogP contribution in [0.3, 0.4) is 0 Å². The number of hydrogen-bond acceptors (Lipinski definition) is 4. The lowest BCUT2D eigenvalue weighted by atomic mass is 10.0. The number of aromatic nitrogens is 2. The highest BCUT2D eigenvalue weighted by Gasteiger charge is 2.16. The first-order valence-electron chi connectivity index (χ1n) is 7.73. The maximum Gasteiger partial charge on any atom is 0.320 e. The van der Waals surface area contributed by atoms with E-state index in [0.717, 1.165) is 19.4 Å². The molecule has 2 aromatic rings. The second-order valence-corrected chi connectivity index (χ2v) is 5.71. The van der Waals surface area contributed by atoms with Gasteiger partial charge in [-0.05, 0) is 37.1 Å². The highest BCUT2D eigenvalue weighted by Crippen LogP contribution is 2.15. The summed E-state index contributed by atoms with van der Waals surface area (Å²) in [6, 6.07) is 7.01. The second kappa shape index (κ2) is 6.83. The molecule has 0 radical (unpaired) electrons. The van der Waals surface area contributed by atoms with Gasteiger partial charge in [-0.25, -0.2) is 0 Å². The van der Waals surface area contributed by atoms with E-state index in [1.165, 1.54) is 9.13 Å². The zero-order valence-electron chi connectivity index (χ0n) is 13.1. The van der Waals surface area contributed by atoms with Gasteiger partial charge in [0.15, 0.2) is 0 Å². The summed E-state index contributed by atoms with van der Waals surface area (Å²) in [5.74, 6) is 0.991. The van der Waals surface area contributed by atoms with Gasteiger partial charge < -0.3 is 14.0 Å². The maximum absolute atomic E-state index is 12.4. The molecule has 0 amide bonds. The van der Waals surface area contributed by atoms with E-state index in [2.05, 4.69) is 0 Å². The van der Waals surface area contributed by atoms with Gasteiger partial charge in [0, 0.05) is 37.2 Å². The quantitative estimate of drug-likeness (QED) is 0.801. The SMILES string of the molecule is COc1ccc(-n2ccn(CC3CCCOC3)c(=O)c2=O)cc1. The fourth-order valence-electron chi connectivity index (χ4n) is 2.83. The Bertz CT molecular complexity index is 770. The van der Waals surface area contributed by atoms with Gasteiger partial charge >= 0.3 is 11.1 Å². The van der Waals surface area contributed by atoms with E-state index in [4.69, 9.17) is 9.47 Å². The largest absolute Gasteiger partial charge is 0.497 e. The Morgan fingerprint density at radius 1 is 1.17 bits per heavy atom. The summed E-state index contributed by atoms with van der Waals surface area (Å²) >= 11 is 0. The normalized spacial score (nSPS) is 17.9. The summed E-state index contributed by atoms with van der Waals surface area (Å²) in [5.41, 5.74) is -0.413. The molecule has 2 heterocycles. The van der Waals surface area contributed by atoms with Gasteiger partial charge in [-0.1, -0.05) is 0 Å². The van der Waals surface area contributed by atoms with E-state index >= 15 is 0 Å². The molecule has 1 atom stereocenters. The minimum absolute atomic E-state index is 0.290. The van der Waals surface area contributed by atoms with Crippen molar-refractivity contribution in [3.05, 3.63) is 57.4 Å². The number of nitrogens with zero attached hydrogens (tertiary/aromatic N) is 2. The van der Waals surface area contributed by atoms with Crippen LogP contribution in [0.4, 0.5) is 0 Å². The first-order chi connectivity index (χ1) is 11.2. The highest BCUT2D eigenvalue weighted by atomic mass is 16.5. The Labute approximate surface area is 133 Å². The molecule has 0 spiro atoms. The molecule has 122 valence electrons. The molecular weight excluding hydrogens is 296 g/mol. The van der Waals surface area contributed by atoms with Crippen molar-refractivity contribution in [2.24, 2.45) is 5.92 Å². The van der Waals surface area contributed by atoms with Crippen molar-refractivity contribution in [2.75, 3.05) is 20.3 Å². The van der Waals surface area contributed by atoms with Crippen LogP contribution >= 0.6 is 0 Å². The number of ether oxygens (including phenoxy) is 2. The molecular formula is C17H20N2O4. The van der Waals surface area contributed by atoms with Gasteiger partial charge in [-0.3, -0.25) is 14.2 Å². The van der Waals surface area contributed by atoms with E-state index in [1.807, 2.05) is 0 Å². The van der Waals surface area contributed by atoms with E-state index in [9.17, 15) is 9.59 Å². The Morgan fingerprint density at radius 2 is 1.96 bits per heavy atom. The maximum atomic E-state index is 12.4. The first kappa shape index (κ1) is 15.6. The number of rotatable bonds is 4. The van der Waals surface area contributed by atoms with Crippen LogP contribution in [0.2, 0.25) is 0 Å². The van der Waals surface area contributed by atoms with Crippen molar-refractivity contribution in [1.29, 1.82) is 0 Å². The molecule has 1 saturated heterocycles. The molecule has 0 N–H and O–H groups in total. The summed E-state index contributed by atoms with van der Waals surface area (Å²) in [6.07, 6.45) is 5.33. The molecule has 0 saturated carbocycles. The molecule has 1 unspecified atom stereocenters. The molecule has 6 nitrogen and oxygen atoms in total. The van der Waals surface area contributed by atoms with Gasteiger partial charge in [0.1, 0.15) is 5.75 Å². The lowest BCUT2D eigenvalue weighted by molar-refractivity contribution is 0.0479. The van der Waals surface area contributed by atoms with Crippen LogP contribution in [0.1, 0.15) is 12.8 Å². The Morgan fingerprint density at radius 3 is 2.61 bits per heavy atom. The summed E-state index contributed by atoms with van der Waals surface area (Å²) in [7, 11) is 1.58. The van der Waals surface area contributed by atoms with Crippen LogP contribution in [0, 0.1) is 5.92 Å². The lowest BCUT2D eigenvalue weighted by Crippen LogP contribution is -2.41. The zero-order chi connectivity index (χ0) is 16.2. The molecule has 0 aliphatic carbocycles. The van der Waals surface area contributed by atoms with Crippen molar-refractivity contribution in [3.8, 4) is 11.4 Å². The average molecular weight is 316 g/mol. The minimum Gasteiger partial charge on any atom is -0.497 e. The number of hydrogen-bond donors (Lipinski definition) is 0. The molecule has 23 heavy (non-hydrogen) atoms. The third kappa shape index (κ3) is 3.37. The summed E-state index contributed by atoms with van der Waals surface area (Å²) in [6.45, 7) is 1.95. The third-order valence-corrected chi connectivity index (χ3v) is 4.12. The van der Waals surface area contributed by atoms with Crippen LogP contribution in [0.25, 0.3) is 5.69 Å². The molecule has 1 aromatic carbocycles. The molecule has 6 heteroatoms. The predicted molar refractivity (Wildman–Crippen MR) is 86.4 cm³/mol. The van der Waals surface area contributed by atoms with E-state index in [1.54, 1.807) is 43.8 Å². The van der Waals surface area contributed by atoms with Crippen LogP contribution in [0.15, 0.2) is 46.2 Å². The van der Waals surface area contributed by atoms with Crippen LogP contribution in [-0.4, -0.2) is 29.5 Å². The molecule has 3 rings (SSSR count). The van der Waals surface area contributed by atoms with Crippen molar-refractivity contribution < 1.29 is 9.47 Å². The third-order valence-electron chi connectivity index (χ3n) is 4.12. The van der Waals surface area contributed by atoms with Crippen LogP contribution in [0.5, 0.6) is 5.75 Å². The van der Waals surface area contributed by atoms with Gasteiger partial charge in [0.2, 0.25) is 0 Å². The second-order valence-electron chi connectivity index (χ2n) is 5.71. The molecule has 1 aliphatic rings. The minimum atomic E-state index is -0.547. The standard InChI is InChI=1S/C17H20N2O4/c1-22-15-6-4-14(5-7-15)19-9-8-18(16(20)17(19)21)11-13-3-2-10-23-12-13/h4-9,13H,2-3,10-12H2,1H3. The fraction of sp³-hybridized carbons (Fsp3) is 0.412. The smallest absolute Gasteiger partial charge is 0.320 e. The topological polar surface area (TPSA) is 62.5 Å². The van der Waals surface area contributed by atoms with Gasteiger partial charge in [-0.2, -0.15) is 0 Å². The van der Waals surface area contributed by atoms with E-state index < -0.39 is 11.1 Å². The van der Waals surface area contributed by atoms with Crippen molar-refractivity contribution >= 4 is 0 Å². The number of methoxy groups -OCH3 is 1. The van der Waals surface area contributed by atoms with Crippen molar-refractivity contribution in [2.45, 2.75) is 19.4 Å². The Balaban J connectivity index is 1.87. The highest BCUT2D eigenvalue weighted by molar-refractivity contribution is 5.37. The van der Waals surface area contributed by atoms with Gasteiger partial charge in [0.25, 0.3) is 0 Å². The van der Waals surface area contributed by atoms with Gasteiger partial charge in [0.05, 0.1) is 13.7 Å². The lowest BCUT2D eigenvalue weighted by Gasteiger charge is -2.22. The predicted octanol–water partition coefficient (Wildman–Crippen LogP) is 1.43. The van der Waals surface area contributed by atoms with Crippen molar-refractivity contribution in [3.63, 3.8) is 0 Å². The van der Waals surface area contributed by atoms with Crippen molar-refractivity contribution in [1.82, 2.24) is 9.13 Å². The fourth-order valence-corrected chi connectivity index (χ4v) is 2.83.